The maximum atomic E-state index is 12.5. The lowest BCUT2D eigenvalue weighted by Gasteiger charge is -2.09. The monoisotopic (exact) mass is 416 g/mol. The van der Waals surface area contributed by atoms with Crippen molar-refractivity contribution in [1.82, 2.24) is 0 Å². The van der Waals surface area contributed by atoms with Gasteiger partial charge in [-0.2, -0.15) is 0 Å². The Bertz CT molecular complexity index is 1360. The Balaban J connectivity index is 1.53. The Hall–Kier alpha value is -3.93. The van der Waals surface area contributed by atoms with Crippen LogP contribution in [0.15, 0.2) is 68.2 Å². The standard InChI is InChI=1S/C25H20O6/c1-14-4-9-20-19(12-23(27)31-24(20)15(14)2)13-29-25(28)22-11-10-21(30-22)18-7-5-17(6-8-18)16(3)26/h4-12H,13H2,1-3H3. The zero-order chi connectivity index (χ0) is 22.1. The minimum Gasteiger partial charge on any atom is -0.455 e. The van der Waals surface area contributed by atoms with Crippen molar-refractivity contribution in [2.24, 2.45) is 0 Å². The van der Waals surface area contributed by atoms with Crippen molar-refractivity contribution in [2.75, 3.05) is 0 Å². The fourth-order valence-electron chi connectivity index (χ4n) is 3.33. The van der Waals surface area contributed by atoms with Gasteiger partial charge in [0.1, 0.15) is 18.0 Å². The van der Waals surface area contributed by atoms with Gasteiger partial charge in [0.2, 0.25) is 5.76 Å². The number of hydrogen-bond acceptors (Lipinski definition) is 6. The van der Waals surface area contributed by atoms with Crippen LogP contribution in [-0.2, 0) is 11.3 Å². The number of hydrogen-bond donors (Lipinski definition) is 0. The number of carbonyl (C=O) groups excluding carboxylic acids is 2. The molecule has 0 aliphatic rings. The second kappa shape index (κ2) is 8.07. The zero-order valence-corrected chi connectivity index (χ0v) is 17.4. The number of Topliss-reactive ketones (excluding diaryl/α,β-unsaturated/α-hetero) is 1. The van der Waals surface area contributed by atoms with Gasteiger partial charge in [-0.3, -0.25) is 4.79 Å². The lowest BCUT2D eigenvalue weighted by molar-refractivity contribution is 0.0438. The van der Waals surface area contributed by atoms with Crippen molar-refractivity contribution in [3.63, 3.8) is 0 Å². The number of fused-ring (bicyclic) bond motifs is 1. The molecule has 156 valence electrons. The number of carbonyl (C=O) groups is 2. The summed E-state index contributed by atoms with van der Waals surface area (Å²) in [5, 5.41) is 0.723. The van der Waals surface area contributed by atoms with Crippen LogP contribution in [0.25, 0.3) is 22.3 Å². The largest absolute Gasteiger partial charge is 0.455 e. The molecule has 0 atom stereocenters. The van der Waals surface area contributed by atoms with E-state index in [2.05, 4.69) is 0 Å². The van der Waals surface area contributed by atoms with E-state index in [0.29, 0.717) is 22.5 Å². The first kappa shape index (κ1) is 20.3. The minimum absolute atomic E-state index is 0.0249. The van der Waals surface area contributed by atoms with Crippen LogP contribution in [0.1, 0.15) is 44.5 Å². The predicted octanol–water partition coefficient (Wildman–Crippen LogP) is 5.23. The number of ketones is 1. The molecule has 31 heavy (non-hydrogen) atoms. The van der Waals surface area contributed by atoms with Gasteiger partial charge < -0.3 is 13.6 Å². The van der Waals surface area contributed by atoms with Crippen LogP contribution >= 0.6 is 0 Å². The van der Waals surface area contributed by atoms with Gasteiger partial charge in [0.05, 0.1) is 0 Å². The van der Waals surface area contributed by atoms with E-state index < -0.39 is 11.6 Å². The molecule has 0 radical (unpaired) electrons. The van der Waals surface area contributed by atoms with Gasteiger partial charge in [0.15, 0.2) is 5.78 Å². The van der Waals surface area contributed by atoms with Crippen molar-refractivity contribution in [1.29, 1.82) is 0 Å². The van der Waals surface area contributed by atoms with E-state index in [4.69, 9.17) is 13.6 Å². The van der Waals surface area contributed by atoms with Gasteiger partial charge in [-0.05, 0) is 44.0 Å². The molecular formula is C25H20O6. The zero-order valence-electron chi connectivity index (χ0n) is 17.4. The molecule has 0 amide bonds. The van der Waals surface area contributed by atoms with Gasteiger partial charge in [-0.1, -0.05) is 36.4 Å². The highest BCUT2D eigenvalue weighted by Gasteiger charge is 2.16. The van der Waals surface area contributed by atoms with Crippen LogP contribution in [-0.4, -0.2) is 11.8 Å². The molecule has 0 spiro atoms. The third-order valence-electron chi connectivity index (χ3n) is 5.26. The fraction of sp³-hybridized carbons (Fsp3) is 0.160. The first-order chi connectivity index (χ1) is 14.8. The summed E-state index contributed by atoms with van der Waals surface area (Å²) in [6, 6.07) is 15.2. The van der Waals surface area contributed by atoms with Crippen LogP contribution in [0.2, 0.25) is 0 Å². The number of rotatable bonds is 5. The quantitative estimate of drug-likeness (QED) is 0.252. The Kier molecular flexibility index (Phi) is 5.29. The Morgan fingerprint density at radius 3 is 2.39 bits per heavy atom. The fourth-order valence-corrected chi connectivity index (χ4v) is 3.33. The maximum absolute atomic E-state index is 12.5. The van der Waals surface area contributed by atoms with E-state index in [9.17, 15) is 14.4 Å². The van der Waals surface area contributed by atoms with Gasteiger partial charge in [0.25, 0.3) is 0 Å². The highest BCUT2D eigenvalue weighted by molar-refractivity contribution is 5.94. The van der Waals surface area contributed by atoms with Crippen LogP contribution < -0.4 is 5.63 Å². The van der Waals surface area contributed by atoms with Crippen LogP contribution in [0.3, 0.4) is 0 Å². The Morgan fingerprint density at radius 2 is 1.68 bits per heavy atom. The molecule has 4 rings (SSSR count). The summed E-state index contributed by atoms with van der Waals surface area (Å²) in [6.45, 7) is 5.22. The number of esters is 1. The number of benzene rings is 2. The molecule has 0 saturated carbocycles. The SMILES string of the molecule is CC(=O)c1ccc(-c2ccc(C(=O)OCc3cc(=O)oc4c(C)c(C)ccc34)o2)cc1. The lowest BCUT2D eigenvalue weighted by atomic mass is 10.0. The lowest BCUT2D eigenvalue weighted by Crippen LogP contribution is -2.07. The van der Waals surface area contributed by atoms with Crippen LogP contribution in [0.4, 0.5) is 0 Å². The van der Waals surface area contributed by atoms with Crippen LogP contribution in [0, 0.1) is 13.8 Å². The highest BCUT2D eigenvalue weighted by atomic mass is 16.5. The highest BCUT2D eigenvalue weighted by Crippen LogP contribution is 2.25. The summed E-state index contributed by atoms with van der Waals surface area (Å²) in [7, 11) is 0. The van der Waals surface area contributed by atoms with Gasteiger partial charge >= 0.3 is 11.6 Å². The smallest absolute Gasteiger partial charge is 0.374 e. The first-order valence-electron chi connectivity index (χ1n) is 9.75. The number of ether oxygens (including phenoxy) is 1. The molecule has 2 heterocycles. The van der Waals surface area contributed by atoms with Crippen molar-refractivity contribution < 1.29 is 23.2 Å². The summed E-state index contributed by atoms with van der Waals surface area (Å²) in [4.78, 5) is 35.9. The second-order valence-electron chi connectivity index (χ2n) is 7.35. The minimum atomic E-state index is -0.642. The van der Waals surface area contributed by atoms with Crippen molar-refractivity contribution >= 4 is 22.7 Å². The first-order valence-corrected chi connectivity index (χ1v) is 9.75. The molecule has 0 saturated heterocycles. The van der Waals surface area contributed by atoms with Crippen molar-refractivity contribution in [3.05, 3.63) is 93.0 Å². The van der Waals surface area contributed by atoms with E-state index in [-0.39, 0.29) is 18.2 Å². The Labute approximate surface area is 178 Å². The summed E-state index contributed by atoms with van der Waals surface area (Å²) in [6.07, 6.45) is 0. The molecule has 0 aliphatic carbocycles. The molecule has 6 heteroatoms. The number of aryl methyl sites for hydroxylation is 2. The molecular weight excluding hydrogens is 396 g/mol. The third-order valence-corrected chi connectivity index (χ3v) is 5.26. The van der Waals surface area contributed by atoms with Gasteiger partial charge in [0, 0.05) is 28.1 Å². The third kappa shape index (κ3) is 4.05. The molecule has 6 nitrogen and oxygen atoms in total. The van der Waals surface area contributed by atoms with Crippen LogP contribution in [0.5, 0.6) is 0 Å². The maximum Gasteiger partial charge on any atom is 0.374 e. The molecule has 2 aromatic heterocycles. The summed E-state index contributed by atoms with van der Waals surface area (Å²) >= 11 is 0. The van der Waals surface area contributed by atoms with Crippen molar-refractivity contribution in [3.8, 4) is 11.3 Å². The summed E-state index contributed by atoms with van der Waals surface area (Å²) in [5.74, 6) is -0.135. The molecule has 0 bridgehead atoms. The van der Waals surface area contributed by atoms with Gasteiger partial charge in [-0.25, -0.2) is 9.59 Å². The summed E-state index contributed by atoms with van der Waals surface area (Å²) < 4.78 is 16.4. The van der Waals surface area contributed by atoms with E-state index in [1.807, 2.05) is 26.0 Å². The second-order valence-corrected chi connectivity index (χ2v) is 7.35. The van der Waals surface area contributed by atoms with Crippen molar-refractivity contribution in [2.45, 2.75) is 27.4 Å². The number of furan rings is 1. The molecule has 4 aromatic rings. The molecule has 0 N–H and O–H groups in total. The van der Waals surface area contributed by atoms with E-state index in [1.54, 1.807) is 30.3 Å². The van der Waals surface area contributed by atoms with E-state index in [1.165, 1.54) is 19.1 Å². The van der Waals surface area contributed by atoms with E-state index in [0.717, 1.165) is 22.1 Å². The Morgan fingerprint density at radius 1 is 0.935 bits per heavy atom. The topological polar surface area (TPSA) is 86.7 Å². The normalized spacial score (nSPS) is 10.9. The molecule has 0 unspecified atom stereocenters. The predicted molar refractivity (Wildman–Crippen MR) is 115 cm³/mol. The summed E-state index contributed by atoms with van der Waals surface area (Å²) in [5.41, 5.74) is 3.77. The molecule has 2 aromatic carbocycles. The van der Waals surface area contributed by atoms with E-state index >= 15 is 0 Å². The average Bonchev–Trinajstić information content (AvgIpc) is 3.25. The van der Waals surface area contributed by atoms with Gasteiger partial charge in [-0.15, -0.1) is 0 Å². The molecule has 0 fully saturated rings. The molecule has 0 aliphatic heterocycles. The average molecular weight is 416 g/mol.